The quantitative estimate of drug-likeness (QED) is 0.886. The van der Waals surface area contributed by atoms with Gasteiger partial charge in [0.2, 0.25) is 5.91 Å². The van der Waals surface area contributed by atoms with Crippen LogP contribution < -0.4 is 10.6 Å². The number of halogens is 1. The smallest absolute Gasteiger partial charge is 0.241 e. The van der Waals surface area contributed by atoms with E-state index in [-0.39, 0.29) is 11.9 Å². The number of hydrogen-bond acceptors (Lipinski definition) is 2. The van der Waals surface area contributed by atoms with Crippen molar-refractivity contribution >= 4 is 23.2 Å². The summed E-state index contributed by atoms with van der Waals surface area (Å²) in [6, 6.07) is 7.49. The highest BCUT2D eigenvalue weighted by Crippen LogP contribution is 2.24. The molecule has 1 saturated carbocycles. The number of carbonyl (C=O) groups is 1. The second-order valence-corrected chi connectivity index (χ2v) is 6.19. The van der Waals surface area contributed by atoms with Crippen LogP contribution >= 0.6 is 11.6 Å². The van der Waals surface area contributed by atoms with Crippen molar-refractivity contribution in [2.75, 3.05) is 5.32 Å². The van der Waals surface area contributed by atoms with Crippen molar-refractivity contribution in [3.05, 3.63) is 29.3 Å². The van der Waals surface area contributed by atoms with Gasteiger partial charge in [-0.3, -0.25) is 4.79 Å². The first-order valence-corrected chi connectivity index (χ1v) is 7.76. The van der Waals surface area contributed by atoms with Crippen LogP contribution in [-0.2, 0) is 4.79 Å². The summed E-state index contributed by atoms with van der Waals surface area (Å²) in [4.78, 5) is 12.2. The van der Waals surface area contributed by atoms with E-state index in [4.69, 9.17) is 11.6 Å². The SMILES string of the molecule is CC(NC1CCCCC1C)C(=O)Nc1cccc(Cl)c1. The van der Waals surface area contributed by atoms with E-state index in [2.05, 4.69) is 17.6 Å². The molecule has 110 valence electrons. The summed E-state index contributed by atoms with van der Waals surface area (Å²) in [5.74, 6) is 0.634. The summed E-state index contributed by atoms with van der Waals surface area (Å²) in [7, 11) is 0. The molecule has 1 aliphatic rings. The Morgan fingerprint density at radius 3 is 2.80 bits per heavy atom. The topological polar surface area (TPSA) is 41.1 Å². The van der Waals surface area contributed by atoms with E-state index in [0.29, 0.717) is 17.0 Å². The minimum atomic E-state index is -0.195. The molecule has 0 bridgehead atoms. The number of carbonyl (C=O) groups excluding carboxylic acids is 1. The minimum Gasteiger partial charge on any atom is -0.325 e. The van der Waals surface area contributed by atoms with Gasteiger partial charge in [0.25, 0.3) is 0 Å². The Balaban J connectivity index is 1.88. The molecule has 3 unspecified atom stereocenters. The van der Waals surface area contributed by atoms with Crippen LogP contribution in [0.15, 0.2) is 24.3 Å². The highest BCUT2D eigenvalue weighted by atomic mass is 35.5. The van der Waals surface area contributed by atoms with Crippen LogP contribution in [0, 0.1) is 5.92 Å². The van der Waals surface area contributed by atoms with Gasteiger partial charge in [-0.2, -0.15) is 0 Å². The summed E-state index contributed by atoms with van der Waals surface area (Å²) in [5.41, 5.74) is 0.743. The summed E-state index contributed by atoms with van der Waals surface area (Å²) in [6.45, 7) is 4.18. The highest BCUT2D eigenvalue weighted by molar-refractivity contribution is 6.30. The third-order valence-electron chi connectivity index (χ3n) is 4.06. The molecule has 1 aromatic carbocycles. The maximum absolute atomic E-state index is 12.2. The van der Waals surface area contributed by atoms with Crippen LogP contribution in [0.1, 0.15) is 39.5 Å². The van der Waals surface area contributed by atoms with Crippen molar-refractivity contribution in [2.24, 2.45) is 5.92 Å². The fraction of sp³-hybridized carbons (Fsp3) is 0.562. The van der Waals surface area contributed by atoms with E-state index in [1.165, 1.54) is 19.3 Å². The molecule has 0 aliphatic heterocycles. The lowest BCUT2D eigenvalue weighted by Gasteiger charge is -2.31. The predicted octanol–water partition coefficient (Wildman–Crippen LogP) is 3.84. The van der Waals surface area contributed by atoms with E-state index >= 15 is 0 Å². The number of rotatable bonds is 4. The molecule has 0 saturated heterocycles. The van der Waals surface area contributed by atoms with Gasteiger partial charge in [-0.05, 0) is 43.9 Å². The normalized spacial score (nSPS) is 24.1. The Kier molecular flexibility index (Phi) is 5.44. The van der Waals surface area contributed by atoms with E-state index < -0.39 is 0 Å². The number of nitrogens with one attached hydrogen (secondary N) is 2. The molecule has 2 N–H and O–H groups in total. The first-order chi connectivity index (χ1) is 9.56. The van der Waals surface area contributed by atoms with Crippen molar-refractivity contribution in [3.8, 4) is 0 Å². The van der Waals surface area contributed by atoms with E-state index in [1.807, 2.05) is 19.1 Å². The maximum Gasteiger partial charge on any atom is 0.241 e. The van der Waals surface area contributed by atoms with Crippen molar-refractivity contribution in [1.82, 2.24) is 5.32 Å². The molecule has 1 aliphatic carbocycles. The lowest BCUT2D eigenvalue weighted by molar-refractivity contribution is -0.118. The molecule has 4 heteroatoms. The van der Waals surface area contributed by atoms with Gasteiger partial charge in [0.1, 0.15) is 0 Å². The molecule has 0 spiro atoms. The van der Waals surface area contributed by atoms with Crippen LogP contribution in [0.25, 0.3) is 0 Å². The van der Waals surface area contributed by atoms with Crippen LogP contribution in [0.3, 0.4) is 0 Å². The van der Waals surface area contributed by atoms with Gasteiger partial charge >= 0.3 is 0 Å². The van der Waals surface area contributed by atoms with Crippen molar-refractivity contribution < 1.29 is 4.79 Å². The second kappa shape index (κ2) is 7.09. The van der Waals surface area contributed by atoms with Crippen molar-refractivity contribution in [1.29, 1.82) is 0 Å². The zero-order valence-electron chi connectivity index (χ0n) is 12.2. The minimum absolute atomic E-state index is 0.00922. The van der Waals surface area contributed by atoms with E-state index in [1.54, 1.807) is 12.1 Å². The summed E-state index contributed by atoms with van der Waals surface area (Å²) in [6.07, 6.45) is 4.98. The molecule has 0 aromatic heterocycles. The largest absolute Gasteiger partial charge is 0.325 e. The summed E-state index contributed by atoms with van der Waals surface area (Å²) >= 11 is 5.92. The number of amides is 1. The Hall–Kier alpha value is -1.06. The second-order valence-electron chi connectivity index (χ2n) is 5.76. The molecule has 2 rings (SSSR count). The van der Waals surface area contributed by atoms with E-state index in [9.17, 15) is 4.79 Å². The molecule has 1 aromatic rings. The van der Waals surface area contributed by atoms with Gasteiger partial charge < -0.3 is 10.6 Å². The summed E-state index contributed by atoms with van der Waals surface area (Å²) in [5, 5.41) is 6.99. The third kappa shape index (κ3) is 4.22. The number of benzene rings is 1. The predicted molar refractivity (Wildman–Crippen MR) is 84.1 cm³/mol. The van der Waals surface area contributed by atoms with Gasteiger partial charge in [0.15, 0.2) is 0 Å². The van der Waals surface area contributed by atoms with Crippen molar-refractivity contribution in [3.63, 3.8) is 0 Å². The van der Waals surface area contributed by atoms with Gasteiger partial charge in [0, 0.05) is 16.8 Å². The third-order valence-corrected chi connectivity index (χ3v) is 4.30. The number of hydrogen-bond donors (Lipinski definition) is 2. The van der Waals surface area contributed by atoms with Gasteiger partial charge in [0.05, 0.1) is 6.04 Å². The van der Waals surface area contributed by atoms with Crippen LogP contribution in [-0.4, -0.2) is 18.0 Å². The first kappa shape index (κ1) is 15.3. The molecule has 20 heavy (non-hydrogen) atoms. The first-order valence-electron chi connectivity index (χ1n) is 7.39. The van der Waals surface area contributed by atoms with Crippen LogP contribution in [0.2, 0.25) is 5.02 Å². The zero-order chi connectivity index (χ0) is 14.5. The monoisotopic (exact) mass is 294 g/mol. The Morgan fingerprint density at radius 2 is 2.10 bits per heavy atom. The van der Waals surface area contributed by atoms with E-state index in [0.717, 1.165) is 12.1 Å². The lowest BCUT2D eigenvalue weighted by atomic mass is 9.85. The van der Waals surface area contributed by atoms with Gasteiger partial charge in [-0.25, -0.2) is 0 Å². The molecular formula is C16H23ClN2O. The summed E-state index contributed by atoms with van der Waals surface area (Å²) < 4.78 is 0. The molecule has 3 nitrogen and oxygen atoms in total. The van der Waals surface area contributed by atoms with Crippen molar-refractivity contribution in [2.45, 2.75) is 51.6 Å². The Morgan fingerprint density at radius 1 is 1.35 bits per heavy atom. The lowest BCUT2D eigenvalue weighted by Crippen LogP contribution is -2.47. The highest BCUT2D eigenvalue weighted by Gasteiger charge is 2.24. The standard InChI is InChI=1S/C16H23ClN2O/c1-11-6-3-4-9-15(11)18-12(2)16(20)19-14-8-5-7-13(17)10-14/h5,7-8,10-12,15,18H,3-4,6,9H2,1-2H3,(H,19,20). The Bertz CT molecular complexity index is 464. The average Bonchev–Trinajstić information content (AvgIpc) is 2.41. The zero-order valence-corrected chi connectivity index (χ0v) is 12.9. The van der Waals surface area contributed by atoms with Gasteiger partial charge in [-0.15, -0.1) is 0 Å². The van der Waals surface area contributed by atoms with Crippen LogP contribution in [0.5, 0.6) is 0 Å². The number of anilines is 1. The van der Waals surface area contributed by atoms with Gasteiger partial charge in [-0.1, -0.05) is 37.4 Å². The average molecular weight is 295 g/mol. The molecule has 3 atom stereocenters. The fourth-order valence-electron chi connectivity index (χ4n) is 2.78. The van der Waals surface area contributed by atoms with Crippen LogP contribution in [0.4, 0.5) is 5.69 Å². The maximum atomic E-state index is 12.2. The molecule has 1 amide bonds. The molecular weight excluding hydrogens is 272 g/mol. The molecule has 0 heterocycles. The Labute approximate surface area is 126 Å². The molecule has 1 fully saturated rings. The molecule has 0 radical (unpaired) electrons. The fourth-order valence-corrected chi connectivity index (χ4v) is 2.97.